The van der Waals surface area contributed by atoms with Crippen LogP contribution in [0.25, 0.3) is 0 Å². The normalized spacial score (nSPS) is 14.6. The van der Waals surface area contributed by atoms with E-state index in [2.05, 4.69) is 10.9 Å². The molecule has 0 atom stereocenters. The van der Waals surface area contributed by atoms with Crippen LogP contribution in [0.5, 0.6) is 5.75 Å². The van der Waals surface area contributed by atoms with Gasteiger partial charge in [-0.15, -0.1) is 0 Å². The van der Waals surface area contributed by atoms with Crippen molar-refractivity contribution in [1.29, 1.82) is 0 Å². The predicted molar refractivity (Wildman–Crippen MR) is 116 cm³/mol. The third-order valence-electron chi connectivity index (χ3n) is 5.12. The minimum atomic E-state index is -3.66. The first-order chi connectivity index (χ1) is 14.8. The van der Waals surface area contributed by atoms with E-state index < -0.39 is 21.8 Å². The molecule has 0 bridgehead atoms. The minimum absolute atomic E-state index is 0.0722. The molecule has 1 heterocycles. The molecule has 0 radical (unpaired) electrons. The maximum absolute atomic E-state index is 12.9. The summed E-state index contributed by atoms with van der Waals surface area (Å²) in [5.74, 6) is -0.441. The van der Waals surface area contributed by atoms with E-state index in [1.807, 2.05) is 6.92 Å². The summed E-state index contributed by atoms with van der Waals surface area (Å²) in [4.78, 5) is 25.0. The summed E-state index contributed by atoms with van der Waals surface area (Å²) in [6.07, 6.45) is 2.67. The van der Waals surface area contributed by atoms with Gasteiger partial charge < -0.3 is 4.74 Å². The summed E-state index contributed by atoms with van der Waals surface area (Å²) in [5, 5.41) is 0. The molecule has 2 N–H and O–H groups in total. The molecule has 1 saturated heterocycles. The fraction of sp³-hybridized carbons (Fsp3) is 0.364. The van der Waals surface area contributed by atoms with E-state index in [4.69, 9.17) is 4.74 Å². The summed E-state index contributed by atoms with van der Waals surface area (Å²) in [7, 11) is -3.66. The van der Waals surface area contributed by atoms with E-state index in [1.54, 1.807) is 37.3 Å². The molecule has 31 heavy (non-hydrogen) atoms. The van der Waals surface area contributed by atoms with Crippen LogP contribution in [-0.4, -0.2) is 44.2 Å². The second kappa shape index (κ2) is 9.93. The third-order valence-corrected chi connectivity index (χ3v) is 7.02. The molecule has 166 valence electrons. The monoisotopic (exact) mass is 445 g/mol. The van der Waals surface area contributed by atoms with Gasteiger partial charge in [0.1, 0.15) is 5.75 Å². The predicted octanol–water partition coefficient (Wildman–Crippen LogP) is 2.64. The third kappa shape index (κ3) is 5.42. The quantitative estimate of drug-likeness (QED) is 0.665. The Morgan fingerprint density at radius 1 is 0.968 bits per heavy atom. The summed E-state index contributed by atoms with van der Waals surface area (Å²) in [5.41, 5.74) is 5.85. The van der Waals surface area contributed by atoms with Crippen LogP contribution in [0.3, 0.4) is 0 Å². The zero-order valence-corrected chi connectivity index (χ0v) is 18.5. The van der Waals surface area contributed by atoms with Crippen LogP contribution in [0.2, 0.25) is 0 Å². The molecule has 1 aliphatic heterocycles. The highest BCUT2D eigenvalue weighted by molar-refractivity contribution is 7.89. The average molecular weight is 446 g/mol. The molecule has 1 aliphatic rings. The number of aryl methyl sites for hydroxylation is 1. The molecule has 2 aromatic rings. The van der Waals surface area contributed by atoms with Crippen molar-refractivity contribution < 1.29 is 22.7 Å². The number of hydrogen-bond acceptors (Lipinski definition) is 5. The first-order valence-corrected chi connectivity index (χ1v) is 11.7. The van der Waals surface area contributed by atoms with Gasteiger partial charge in [-0.2, -0.15) is 4.31 Å². The molecule has 3 rings (SSSR count). The Kier molecular flexibility index (Phi) is 7.29. The number of piperidine rings is 1. The van der Waals surface area contributed by atoms with Gasteiger partial charge in [0, 0.05) is 24.2 Å². The topological polar surface area (TPSA) is 105 Å². The summed E-state index contributed by atoms with van der Waals surface area (Å²) in [6, 6.07) is 11.0. The lowest BCUT2D eigenvalue weighted by Gasteiger charge is -2.26. The molecular weight excluding hydrogens is 418 g/mol. The lowest BCUT2D eigenvalue weighted by atomic mass is 10.1. The Balaban J connectivity index is 1.70. The van der Waals surface area contributed by atoms with Crippen LogP contribution in [0.15, 0.2) is 47.4 Å². The van der Waals surface area contributed by atoms with Crippen molar-refractivity contribution in [3.8, 4) is 5.75 Å². The van der Waals surface area contributed by atoms with Crippen molar-refractivity contribution in [3.63, 3.8) is 0 Å². The van der Waals surface area contributed by atoms with Crippen LogP contribution in [-0.2, 0) is 10.0 Å². The second-order valence-electron chi connectivity index (χ2n) is 7.31. The van der Waals surface area contributed by atoms with Crippen molar-refractivity contribution in [2.75, 3.05) is 19.7 Å². The van der Waals surface area contributed by atoms with Gasteiger partial charge in [0.2, 0.25) is 10.0 Å². The Bertz CT molecular complexity index is 1050. The van der Waals surface area contributed by atoms with Crippen molar-refractivity contribution in [3.05, 3.63) is 59.2 Å². The number of benzene rings is 2. The zero-order valence-electron chi connectivity index (χ0n) is 17.7. The molecule has 0 saturated carbocycles. The number of hydrazine groups is 1. The van der Waals surface area contributed by atoms with Crippen LogP contribution in [0.1, 0.15) is 52.5 Å². The molecule has 2 aromatic carbocycles. The van der Waals surface area contributed by atoms with E-state index in [0.717, 1.165) is 19.3 Å². The molecule has 0 aromatic heterocycles. The zero-order chi connectivity index (χ0) is 22.4. The Labute approximate surface area is 182 Å². The lowest BCUT2D eigenvalue weighted by Crippen LogP contribution is -2.42. The number of nitrogens with zero attached hydrogens (tertiary/aromatic N) is 1. The fourth-order valence-corrected chi connectivity index (χ4v) is 4.93. The van der Waals surface area contributed by atoms with E-state index in [1.165, 1.54) is 16.4 Å². The number of carbonyl (C=O) groups is 2. The van der Waals surface area contributed by atoms with E-state index in [9.17, 15) is 18.0 Å². The maximum atomic E-state index is 12.9. The van der Waals surface area contributed by atoms with Crippen LogP contribution >= 0.6 is 0 Å². The molecule has 9 heteroatoms. The van der Waals surface area contributed by atoms with Gasteiger partial charge in [-0.25, -0.2) is 8.42 Å². The molecule has 1 fully saturated rings. The van der Waals surface area contributed by atoms with Crippen LogP contribution < -0.4 is 15.6 Å². The number of ether oxygens (including phenoxy) is 1. The number of sulfonamides is 1. The van der Waals surface area contributed by atoms with Gasteiger partial charge in [0.15, 0.2) is 0 Å². The smallest absolute Gasteiger partial charge is 0.270 e. The Morgan fingerprint density at radius 3 is 2.26 bits per heavy atom. The SMILES string of the molecule is CCOc1ccc(C(=O)NNC(=O)c2cc(S(=O)(=O)N3CCCCC3)ccc2C)cc1. The van der Waals surface area contributed by atoms with Crippen molar-refractivity contribution >= 4 is 21.8 Å². The largest absolute Gasteiger partial charge is 0.494 e. The van der Waals surface area contributed by atoms with Crippen molar-refractivity contribution in [2.45, 2.75) is 38.0 Å². The van der Waals surface area contributed by atoms with Crippen LogP contribution in [0.4, 0.5) is 0 Å². The first-order valence-electron chi connectivity index (χ1n) is 10.3. The highest BCUT2D eigenvalue weighted by Gasteiger charge is 2.27. The van der Waals surface area contributed by atoms with Crippen molar-refractivity contribution in [1.82, 2.24) is 15.2 Å². The minimum Gasteiger partial charge on any atom is -0.494 e. The number of rotatable bonds is 6. The maximum Gasteiger partial charge on any atom is 0.270 e. The van der Waals surface area contributed by atoms with Gasteiger partial charge in [-0.05, 0) is 68.7 Å². The summed E-state index contributed by atoms with van der Waals surface area (Å²) < 4.78 is 32.6. The lowest BCUT2D eigenvalue weighted by molar-refractivity contribution is 0.0846. The molecule has 0 unspecified atom stereocenters. The van der Waals surface area contributed by atoms with E-state index >= 15 is 0 Å². The Morgan fingerprint density at radius 2 is 1.61 bits per heavy atom. The number of hydrogen-bond donors (Lipinski definition) is 2. The van der Waals surface area contributed by atoms with Gasteiger partial charge in [0.25, 0.3) is 11.8 Å². The number of nitrogens with one attached hydrogen (secondary N) is 2. The molecule has 8 nitrogen and oxygen atoms in total. The number of amides is 2. The highest BCUT2D eigenvalue weighted by atomic mass is 32.2. The fourth-order valence-electron chi connectivity index (χ4n) is 3.38. The summed E-state index contributed by atoms with van der Waals surface area (Å²) >= 11 is 0. The number of carbonyl (C=O) groups excluding carboxylic acids is 2. The standard InChI is InChI=1S/C22H27N3O5S/c1-3-30-18-10-8-17(9-11-18)21(26)23-24-22(27)20-15-19(12-7-16(20)2)31(28,29)25-13-5-4-6-14-25/h7-12,15H,3-6,13-14H2,1-2H3,(H,23,26)(H,24,27). The first kappa shape index (κ1) is 22.8. The molecule has 0 aliphatic carbocycles. The van der Waals surface area contributed by atoms with Crippen molar-refractivity contribution in [2.24, 2.45) is 0 Å². The Hall–Kier alpha value is -2.91. The van der Waals surface area contributed by atoms with E-state index in [-0.39, 0.29) is 10.5 Å². The van der Waals surface area contributed by atoms with Crippen LogP contribution in [0, 0.1) is 6.92 Å². The molecule has 2 amide bonds. The van der Waals surface area contributed by atoms with Gasteiger partial charge >= 0.3 is 0 Å². The van der Waals surface area contributed by atoms with Gasteiger partial charge in [-0.1, -0.05) is 12.5 Å². The van der Waals surface area contributed by atoms with Gasteiger partial charge in [-0.3, -0.25) is 20.4 Å². The molecular formula is C22H27N3O5S. The average Bonchev–Trinajstić information content (AvgIpc) is 2.78. The molecule has 0 spiro atoms. The highest BCUT2D eigenvalue weighted by Crippen LogP contribution is 2.23. The van der Waals surface area contributed by atoms with Gasteiger partial charge in [0.05, 0.1) is 11.5 Å². The summed E-state index contributed by atoms with van der Waals surface area (Å²) in [6.45, 7) is 5.06. The second-order valence-corrected chi connectivity index (χ2v) is 9.25. The van der Waals surface area contributed by atoms with E-state index in [0.29, 0.717) is 36.6 Å².